The third-order valence-electron chi connectivity index (χ3n) is 3.15. The van der Waals surface area contributed by atoms with Gasteiger partial charge in [0.05, 0.1) is 58.7 Å². The second-order valence-corrected chi connectivity index (χ2v) is 6.63. The predicted molar refractivity (Wildman–Crippen MR) is 107 cm³/mol. The number of amides is 1. The van der Waals surface area contributed by atoms with Crippen LogP contribution in [0.3, 0.4) is 0 Å². The second-order valence-electron chi connectivity index (χ2n) is 6.63. The lowest BCUT2D eigenvalue weighted by atomic mass is 10.2. The van der Waals surface area contributed by atoms with Crippen molar-refractivity contribution in [1.29, 1.82) is 5.26 Å². The quantitative estimate of drug-likeness (QED) is 0.320. The van der Waals surface area contributed by atoms with Crippen molar-refractivity contribution in [3.05, 3.63) is 0 Å². The maximum absolute atomic E-state index is 11.7. The van der Waals surface area contributed by atoms with Crippen LogP contribution in [0.25, 0.3) is 0 Å². The van der Waals surface area contributed by atoms with Gasteiger partial charge in [-0.15, -0.1) is 0 Å². The molecule has 0 aliphatic carbocycles. The molecule has 0 rings (SSSR count). The Balaban J connectivity index is 3.70. The molecule has 2 N–H and O–H groups in total. The summed E-state index contributed by atoms with van der Waals surface area (Å²) in [7, 11) is 0. The Kier molecular flexibility index (Phi) is 17.3. The summed E-state index contributed by atoms with van der Waals surface area (Å²) in [5.74, 6) is 6.00. The molecule has 1 unspecified atom stereocenters. The summed E-state index contributed by atoms with van der Waals surface area (Å²) < 4.78 is 21.4. The summed E-state index contributed by atoms with van der Waals surface area (Å²) in [5, 5.41) is 14.6. The fourth-order valence-corrected chi connectivity index (χ4v) is 1.88. The molecule has 0 saturated carbocycles. The topological polar surface area (TPSA) is 102 Å². The fourth-order valence-electron chi connectivity index (χ4n) is 1.88. The lowest BCUT2D eigenvalue weighted by Gasteiger charge is -2.15. The van der Waals surface area contributed by atoms with E-state index in [0.29, 0.717) is 39.1 Å². The van der Waals surface area contributed by atoms with Crippen LogP contribution in [-0.4, -0.2) is 71.0 Å². The van der Waals surface area contributed by atoms with Crippen molar-refractivity contribution in [1.82, 2.24) is 10.6 Å². The minimum atomic E-state index is -0.625. The normalized spacial score (nSPS) is 11.6. The molecule has 0 heterocycles. The van der Waals surface area contributed by atoms with Gasteiger partial charge in [-0.1, -0.05) is 39.5 Å². The Morgan fingerprint density at radius 3 is 2.25 bits per heavy atom. The van der Waals surface area contributed by atoms with Gasteiger partial charge < -0.3 is 29.6 Å². The van der Waals surface area contributed by atoms with Gasteiger partial charge in [0.1, 0.15) is 6.10 Å². The number of nitriles is 1. The van der Waals surface area contributed by atoms with E-state index in [9.17, 15) is 4.79 Å². The van der Waals surface area contributed by atoms with E-state index >= 15 is 0 Å². The molecule has 8 heteroatoms. The van der Waals surface area contributed by atoms with Crippen molar-refractivity contribution < 1.29 is 23.7 Å². The highest BCUT2D eigenvalue weighted by molar-refractivity contribution is 5.67. The van der Waals surface area contributed by atoms with Crippen molar-refractivity contribution in [3.8, 4) is 17.9 Å². The number of carbonyl (C=O) groups is 1. The molecule has 1 amide bonds. The first-order valence-corrected chi connectivity index (χ1v) is 9.72. The predicted octanol–water partition coefficient (Wildman–Crippen LogP) is 1.70. The van der Waals surface area contributed by atoms with Crippen LogP contribution >= 0.6 is 0 Å². The maximum Gasteiger partial charge on any atom is 0.408 e. The first-order valence-electron chi connectivity index (χ1n) is 9.72. The van der Waals surface area contributed by atoms with E-state index in [0.717, 1.165) is 6.54 Å². The number of nitrogens with zero attached hydrogens (tertiary/aromatic N) is 1. The molecular formula is C20H35N3O5. The number of ether oxygens (including phenoxy) is 4. The van der Waals surface area contributed by atoms with E-state index in [2.05, 4.69) is 36.3 Å². The lowest BCUT2D eigenvalue weighted by molar-refractivity contribution is -0.0132. The van der Waals surface area contributed by atoms with Gasteiger partial charge in [-0.05, 0) is 0 Å². The number of rotatable bonds is 15. The van der Waals surface area contributed by atoms with Gasteiger partial charge in [0, 0.05) is 18.5 Å². The van der Waals surface area contributed by atoms with E-state index in [1.807, 2.05) is 19.9 Å². The fraction of sp³-hybridized carbons (Fsp3) is 0.800. The van der Waals surface area contributed by atoms with Crippen LogP contribution in [0.1, 0.15) is 34.1 Å². The summed E-state index contributed by atoms with van der Waals surface area (Å²) in [5.41, 5.74) is 0. The molecule has 0 fully saturated rings. The summed E-state index contributed by atoms with van der Waals surface area (Å²) >= 11 is 0. The summed E-state index contributed by atoms with van der Waals surface area (Å²) in [6, 6.07) is 2.44. The summed E-state index contributed by atoms with van der Waals surface area (Å²) in [6.45, 7) is 11.7. The van der Waals surface area contributed by atoms with Crippen LogP contribution in [0, 0.1) is 29.1 Å². The molecule has 0 aliphatic rings. The summed E-state index contributed by atoms with van der Waals surface area (Å²) in [4.78, 5) is 11.7. The summed E-state index contributed by atoms with van der Waals surface area (Å²) in [6.07, 6.45) is -1.17. The molecule has 0 spiro atoms. The third-order valence-corrected chi connectivity index (χ3v) is 3.15. The van der Waals surface area contributed by atoms with Crippen LogP contribution in [0.4, 0.5) is 4.79 Å². The minimum Gasteiger partial charge on any atom is -0.443 e. The maximum atomic E-state index is 11.7. The van der Waals surface area contributed by atoms with Gasteiger partial charge >= 0.3 is 6.09 Å². The van der Waals surface area contributed by atoms with E-state index in [4.69, 9.17) is 24.2 Å². The van der Waals surface area contributed by atoms with Gasteiger partial charge in [-0.25, -0.2) is 4.79 Å². The standard InChI is InChI=1S/C20H35N3O5/c1-17(2)6-5-9-23-20(24)28-19(7-8-21)16-27-15-14-26-13-12-25-11-10-22-18(3)4/h17-19,22H,7,9-16H2,1-4H3,(H,23,24). The second kappa shape index (κ2) is 18.5. The van der Waals surface area contributed by atoms with Crippen molar-refractivity contribution >= 4 is 6.09 Å². The number of hydrogen-bond acceptors (Lipinski definition) is 7. The van der Waals surface area contributed by atoms with Gasteiger partial charge in [0.2, 0.25) is 0 Å². The number of hydrogen-bond donors (Lipinski definition) is 2. The highest BCUT2D eigenvalue weighted by Crippen LogP contribution is 2.00. The van der Waals surface area contributed by atoms with Gasteiger partial charge in [-0.2, -0.15) is 5.26 Å². The highest BCUT2D eigenvalue weighted by Gasteiger charge is 2.14. The van der Waals surface area contributed by atoms with E-state index in [-0.39, 0.29) is 25.5 Å². The Labute approximate surface area is 169 Å². The van der Waals surface area contributed by atoms with Gasteiger partial charge in [-0.3, -0.25) is 0 Å². The lowest BCUT2D eigenvalue weighted by Crippen LogP contribution is -2.31. The average molecular weight is 398 g/mol. The highest BCUT2D eigenvalue weighted by atomic mass is 16.6. The Hall–Kier alpha value is -1.84. The molecular weight excluding hydrogens is 362 g/mol. The van der Waals surface area contributed by atoms with Crippen LogP contribution < -0.4 is 10.6 Å². The number of nitrogens with one attached hydrogen (secondary N) is 2. The first kappa shape index (κ1) is 26.2. The SMILES string of the molecule is CC(C)C#CCNC(=O)OC(CC#N)COCCOCCOCCNC(C)C. The molecule has 0 aromatic carbocycles. The Bertz CT molecular complexity index is 494. The van der Waals surface area contributed by atoms with Crippen LogP contribution in [-0.2, 0) is 18.9 Å². The molecule has 8 nitrogen and oxygen atoms in total. The van der Waals surface area contributed by atoms with Crippen molar-refractivity contribution in [2.24, 2.45) is 5.92 Å². The van der Waals surface area contributed by atoms with E-state index in [1.165, 1.54) is 0 Å². The Morgan fingerprint density at radius 1 is 1.00 bits per heavy atom. The van der Waals surface area contributed by atoms with Crippen LogP contribution in [0.15, 0.2) is 0 Å². The van der Waals surface area contributed by atoms with Gasteiger partial charge in [0.15, 0.2) is 0 Å². The van der Waals surface area contributed by atoms with E-state index in [1.54, 1.807) is 0 Å². The Morgan fingerprint density at radius 2 is 1.64 bits per heavy atom. The van der Waals surface area contributed by atoms with Gasteiger partial charge in [0.25, 0.3) is 0 Å². The first-order chi connectivity index (χ1) is 13.5. The van der Waals surface area contributed by atoms with Crippen molar-refractivity contribution in [2.75, 3.05) is 52.7 Å². The van der Waals surface area contributed by atoms with Crippen LogP contribution in [0.2, 0.25) is 0 Å². The third kappa shape index (κ3) is 18.9. The van der Waals surface area contributed by atoms with Crippen LogP contribution in [0.5, 0.6) is 0 Å². The minimum absolute atomic E-state index is 0.0597. The molecule has 0 aliphatic heterocycles. The number of alkyl carbamates (subject to hydrolysis) is 1. The molecule has 0 bridgehead atoms. The van der Waals surface area contributed by atoms with Crippen molar-refractivity contribution in [2.45, 2.75) is 46.3 Å². The molecule has 0 radical (unpaired) electrons. The zero-order valence-corrected chi connectivity index (χ0v) is 17.6. The molecule has 0 saturated heterocycles. The van der Waals surface area contributed by atoms with Crippen molar-refractivity contribution in [3.63, 3.8) is 0 Å². The molecule has 0 aromatic heterocycles. The molecule has 0 aromatic rings. The molecule has 1 atom stereocenters. The smallest absolute Gasteiger partial charge is 0.408 e. The monoisotopic (exact) mass is 397 g/mol. The zero-order valence-electron chi connectivity index (χ0n) is 17.6. The van der Waals surface area contributed by atoms with E-state index < -0.39 is 12.2 Å². The number of carbonyl (C=O) groups excluding carboxylic acids is 1. The zero-order chi connectivity index (χ0) is 21.0. The average Bonchev–Trinajstić information content (AvgIpc) is 2.63. The molecule has 28 heavy (non-hydrogen) atoms. The molecule has 160 valence electrons. The largest absolute Gasteiger partial charge is 0.443 e.